The number of ether oxygens (including phenoxy) is 5. The maximum Gasteiger partial charge on any atom is 0.207 e. The Hall–Kier alpha value is -2.86. The Bertz CT molecular complexity index is 810. The molecule has 0 saturated heterocycles. The van der Waals surface area contributed by atoms with Crippen molar-refractivity contribution in [2.24, 2.45) is 0 Å². The Kier molecular flexibility index (Phi) is 5.23. The van der Waals surface area contributed by atoms with Crippen LogP contribution in [0.5, 0.6) is 28.7 Å². The highest BCUT2D eigenvalue weighted by atomic mass is 16.5. The molecule has 1 unspecified atom stereocenters. The molecule has 1 aliphatic rings. The topological polar surface area (TPSA) is 66.4 Å². The van der Waals surface area contributed by atoms with Crippen molar-refractivity contribution in [2.75, 3.05) is 35.0 Å². The van der Waals surface area contributed by atoms with Gasteiger partial charge in [0.25, 0.3) is 0 Å². The van der Waals surface area contributed by atoms with Gasteiger partial charge in [0.15, 0.2) is 11.5 Å². The van der Waals surface area contributed by atoms with Gasteiger partial charge < -0.3 is 28.8 Å². The molecule has 0 saturated carbocycles. The van der Waals surface area contributed by atoms with E-state index >= 15 is 0 Å². The van der Waals surface area contributed by atoms with Gasteiger partial charge in [-0.15, -0.1) is 0 Å². The lowest BCUT2D eigenvalue weighted by Crippen LogP contribution is -2.13. The molecule has 0 bridgehead atoms. The lowest BCUT2D eigenvalue weighted by atomic mass is 9.95. The molecule has 1 N–H and O–H groups in total. The van der Waals surface area contributed by atoms with E-state index in [0.717, 1.165) is 22.4 Å². The second kappa shape index (κ2) is 7.58. The molecule has 1 heterocycles. The van der Waals surface area contributed by atoms with E-state index in [-0.39, 0.29) is 6.61 Å². The summed E-state index contributed by atoms with van der Waals surface area (Å²) in [5, 5.41) is 10.3. The quantitative estimate of drug-likeness (QED) is 0.887. The van der Waals surface area contributed by atoms with Crippen molar-refractivity contribution in [3.05, 3.63) is 47.5 Å². The van der Waals surface area contributed by atoms with Gasteiger partial charge in [0.05, 0.1) is 28.4 Å². The van der Waals surface area contributed by atoms with Crippen LogP contribution in [0.3, 0.4) is 0 Å². The molecule has 1 aliphatic heterocycles. The fourth-order valence-electron chi connectivity index (χ4n) is 2.99. The molecule has 0 amide bonds. The summed E-state index contributed by atoms with van der Waals surface area (Å²) in [4.78, 5) is 0. The molecule has 0 radical (unpaired) electrons. The summed E-state index contributed by atoms with van der Waals surface area (Å²) < 4.78 is 27.5. The molecule has 0 spiro atoms. The minimum atomic E-state index is -0.763. The fraction of sp³-hybridized carbons (Fsp3) is 0.300. The summed E-state index contributed by atoms with van der Waals surface area (Å²) in [6.45, 7) is 0.110. The average molecular weight is 358 g/mol. The lowest BCUT2D eigenvalue weighted by Gasteiger charge is -2.19. The summed E-state index contributed by atoms with van der Waals surface area (Å²) in [5.74, 6) is 2.64. The van der Waals surface area contributed by atoms with E-state index in [4.69, 9.17) is 23.7 Å². The third-order valence-corrected chi connectivity index (χ3v) is 4.23. The highest BCUT2D eigenvalue weighted by Gasteiger charge is 2.27. The predicted molar refractivity (Wildman–Crippen MR) is 97.7 cm³/mol. The zero-order chi connectivity index (χ0) is 18.7. The maximum atomic E-state index is 10.3. The van der Waals surface area contributed by atoms with Crippen molar-refractivity contribution in [3.63, 3.8) is 0 Å². The number of hydrogen-bond acceptors (Lipinski definition) is 6. The molecule has 0 aromatic heterocycles. The number of fused-ring (bicyclic) bond motifs is 1. The zero-order valence-electron chi connectivity index (χ0n) is 15.2. The Morgan fingerprint density at radius 2 is 1.62 bits per heavy atom. The first-order valence-corrected chi connectivity index (χ1v) is 8.13. The van der Waals surface area contributed by atoms with Crippen LogP contribution in [0.25, 0.3) is 5.57 Å². The molecule has 0 aliphatic carbocycles. The SMILES string of the molecule is COc1ccc(C2=CC(O)COc3c2cc(OC)c(OC)c3OC)cc1. The summed E-state index contributed by atoms with van der Waals surface area (Å²) >= 11 is 0. The van der Waals surface area contributed by atoms with Gasteiger partial charge in [-0.2, -0.15) is 0 Å². The van der Waals surface area contributed by atoms with Crippen molar-refractivity contribution in [1.29, 1.82) is 0 Å². The molecule has 3 rings (SSSR count). The molecule has 6 nitrogen and oxygen atoms in total. The number of aliphatic hydroxyl groups excluding tert-OH is 1. The molecular formula is C20H22O6. The van der Waals surface area contributed by atoms with Crippen molar-refractivity contribution >= 4 is 5.57 Å². The van der Waals surface area contributed by atoms with Crippen LogP contribution in [-0.2, 0) is 0 Å². The number of rotatable bonds is 5. The summed E-state index contributed by atoms with van der Waals surface area (Å²) in [5.41, 5.74) is 2.47. The highest BCUT2D eigenvalue weighted by molar-refractivity contribution is 5.87. The minimum absolute atomic E-state index is 0.110. The van der Waals surface area contributed by atoms with Crippen LogP contribution in [-0.4, -0.2) is 46.3 Å². The minimum Gasteiger partial charge on any atom is -0.497 e. The van der Waals surface area contributed by atoms with E-state index in [0.29, 0.717) is 23.0 Å². The van der Waals surface area contributed by atoms with Gasteiger partial charge in [0.2, 0.25) is 11.5 Å². The van der Waals surface area contributed by atoms with Gasteiger partial charge in [-0.25, -0.2) is 0 Å². The Morgan fingerprint density at radius 1 is 0.923 bits per heavy atom. The lowest BCUT2D eigenvalue weighted by molar-refractivity contribution is 0.143. The summed E-state index contributed by atoms with van der Waals surface area (Å²) in [6.07, 6.45) is 1.00. The number of aliphatic hydroxyl groups is 1. The first kappa shape index (κ1) is 17.9. The second-order valence-electron chi connectivity index (χ2n) is 5.71. The molecule has 138 valence electrons. The number of methoxy groups -OCH3 is 4. The first-order chi connectivity index (χ1) is 12.6. The van der Waals surface area contributed by atoms with E-state index in [1.165, 1.54) is 0 Å². The van der Waals surface area contributed by atoms with Crippen molar-refractivity contribution in [3.8, 4) is 28.7 Å². The number of benzene rings is 2. The molecule has 26 heavy (non-hydrogen) atoms. The predicted octanol–water partition coefficient (Wildman–Crippen LogP) is 2.91. The van der Waals surface area contributed by atoms with Gasteiger partial charge in [-0.3, -0.25) is 0 Å². The van der Waals surface area contributed by atoms with E-state index in [1.54, 1.807) is 34.5 Å². The van der Waals surface area contributed by atoms with Crippen LogP contribution in [0.1, 0.15) is 11.1 Å². The standard InChI is InChI=1S/C20H22O6/c1-22-14-7-5-12(6-8-14)15-9-13(21)11-26-18-16(15)10-17(23-2)19(24-3)20(18)25-4/h5-10,13,21H,11H2,1-4H3. The summed E-state index contributed by atoms with van der Waals surface area (Å²) in [7, 11) is 6.26. The van der Waals surface area contributed by atoms with Crippen LogP contribution in [0.2, 0.25) is 0 Å². The van der Waals surface area contributed by atoms with Gasteiger partial charge in [0.1, 0.15) is 18.5 Å². The van der Waals surface area contributed by atoms with Crippen LogP contribution in [0.15, 0.2) is 36.4 Å². The van der Waals surface area contributed by atoms with E-state index in [2.05, 4.69) is 0 Å². The van der Waals surface area contributed by atoms with E-state index in [1.807, 2.05) is 30.3 Å². The Balaban J connectivity index is 2.23. The molecule has 6 heteroatoms. The van der Waals surface area contributed by atoms with Crippen molar-refractivity contribution in [2.45, 2.75) is 6.10 Å². The van der Waals surface area contributed by atoms with E-state index in [9.17, 15) is 5.11 Å². The molecule has 2 aromatic rings. The van der Waals surface area contributed by atoms with Crippen molar-refractivity contribution < 1.29 is 28.8 Å². The van der Waals surface area contributed by atoms with Crippen LogP contribution >= 0.6 is 0 Å². The highest BCUT2D eigenvalue weighted by Crippen LogP contribution is 2.50. The van der Waals surface area contributed by atoms with Crippen molar-refractivity contribution in [1.82, 2.24) is 0 Å². The van der Waals surface area contributed by atoms with Gasteiger partial charge in [0, 0.05) is 5.56 Å². The zero-order valence-corrected chi connectivity index (χ0v) is 15.2. The van der Waals surface area contributed by atoms with Crippen LogP contribution in [0.4, 0.5) is 0 Å². The van der Waals surface area contributed by atoms with Gasteiger partial charge in [-0.05, 0) is 35.4 Å². The maximum absolute atomic E-state index is 10.3. The average Bonchev–Trinajstić information content (AvgIpc) is 2.85. The molecule has 1 atom stereocenters. The van der Waals surface area contributed by atoms with Crippen LogP contribution in [0, 0.1) is 0 Å². The molecule has 2 aromatic carbocycles. The Morgan fingerprint density at radius 3 is 2.19 bits per heavy atom. The Labute approximate surface area is 152 Å². The normalized spacial score (nSPS) is 15.9. The van der Waals surface area contributed by atoms with Crippen LogP contribution < -0.4 is 23.7 Å². The largest absolute Gasteiger partial charge is 0.497 e. The smallest absolute Gasteiger partial charge is 0.207 e. The third kappa shape index (κ3) is 3.15. The molecular weight excluding hydrogens is 336 g/mol. The van der Waals surface area contributed by atoms with Gasteiger partial charge >= 0.3 is 0 Å². The van der Waals surface area contributed by atoms with Gasteiger partial charge in [-0.1, -0.05) is 12.1 Å². The molecule has 0 fully saturated rings. The fourth-order valence-corrected chi connectivity index (χ4v) is 2.99. The number of hydrogen-bond donors (Lipinski definition) is 1. The second-order valence-corrected chi connectivity index (χ2v) is 5.71. The third-order valence-electron chi connectivity index (χ3n) is 4.23. The summed E-state index contributed by atoms with van der Waals surface area (Å²) in [6, 6.07) is 9.41. The van der Waals surface area contributed by atoms with E-state index < -0.39 is 6.10 Å². The first-order valence-electron chi connectivity index (χ1n) is 8.13. The monoisotopic (exact) mass is 358 g/mol.